The lowest BCUT2D eigenvalue weighted by Crippen LogP contribution is -2.54. The molecule has 1 saturated heterocycles. The molecular formula is C13H15NO3. The standard InChI is InChI=1S/C13H15NO3/c1-2-7-10-8-5-3-4-6-9(8)11(13(16)17)14(10)12(7)15/h2,8,10H,3-6H2,1H3,(H,16,17)/t8-,10+/m1/s1. The number of rotatable bonds is 1. The first kappa shape index (κ1) is 10.6. The molecule has 0 bridgehead atoms. The number of hydrogen-bond acceptors (Lipinski definition) is 2. The zero-order valence-corrected chi connectivity index (χ0v) is 9.77. The number of carboxylic acid groups (broad SMARTS) is 1. The molecule has 1 N–H and O–H groups in total. The molecule has 3 aliphatic rings. The molecule has 0 radical (unpaired) electrons. The molecule has 4 heteroatoms. The van der Waals surface area contributed by atoms with E-state index in [1.165, 1.54) is 4.90 Å². The minimum absolute atomic E-state index is 0.0221. The van der Waals surface area contributed by atoms with Crippen molar-refractivity contribution in [1.29, 1.82) is 0 Å². The zero-order valence-electron chi connectivity index (χ0n) is 9.77. The molecule has 0 spiro atoms. The van der Waals surface area contributed by atoms with Crippen LogP contribution in [-0.4, -0.2) is 27.9 Å². The number of hydrogen-bond donors (Lipinski definition) is 1. The van der Waals surface area contributed by atoms with Crippen LogP contribution < -0.4 is 0 Å². The normalized spacial score (nSPS) is 33.6. The SMILES string of the molecule is CC=C1C(=O)N2C(C(=O)O)=C3CCCC[C@H]3[C@H]12. The van der Waals surface area contributed by atoms with Crippen LogP contribution in [0.25, 0.3) is 0 Å². The average Bonchev–Trinajstić information content (AvgIpc) is 2.61. The second-order valence-corrected chi connectivity index (χ2v) is 4.90. The summed E-state index contributed by atoms with van der Waals surface area (Å²) in [5.74, 6) is -0.798. The lowest BCUT2D eigenvalue weighted by atomic mass is 9.77. The number of β-lactam (4-membered cyclic amide) rings is 1. The van der Waals surface area contributed by atoms with Crippen LogP contribution in [0.15, 0.2) is 22.9 Å². The fourth-order valence-electron chi connectivity index (χ4n) is 3.47. The van der Waals surface area contributed by atoms with E-state index < -0.39 is 5.97 Å². The van der Waals surface area contributed by atoms with Crippen molar-refractivity contribution in [3.05, 3.63) is 22.9 Å². The van der Waals surface area contributed by atoms with Crippen molar-refractivity contribution in [1.82, 2.24) is 4.90 Å². The van der Waals surface area contributed by atoms with Crippen molar-refractivity contribution in [2.45, 2.75) is 38.6 Å². The Morgan fingerprint density at radius 3 is 2.88 bits per heavy atom. The van der Waals surface area contributed by atoms with Crippen LogP contribution in [0, 0.1) is 5.92 Å². The molecule has 90 valence electrons. The first-order valence-electron chi connectivity index (χ1n) is 6.13. The summed E-state index contributed by atoms with van der Waals surface area (Å²) in [5.41, 5.74) is 2.07. The Morgan fingerprint density at radius 2 is 2.24 bits per heavy atom. The summed E-state index contributed by atoms with van der Waals surface area (Å²) in [6.45, 7) is 1.85. The van der Waals surface area contributed by atoms with Crippen LogP contribution in [0.3, 0.4) is 0 Å². The highest BCUT2D eigenvalue weighted by Crippen LogP contribution is 2.50. The van der Waals surface area contributed by atoms with Crippen molar-refractivity contribution in [2.24, 2.45) is 5.92 Å². The van der Waals surface area contributed by atoms with Gasteiger partial charge in [-0.05, 0) is 31.8 Å². The molecule has 2 heterocycles. The minimum Gasteiger partial charge on any atom is -0.477 e. The number of carbonyl (C=O) groups excluding carboxylic acids is 1. The first-order chi connectivity index (χ1) is 8.16. The fraction of sp³-hybridized carbons (Fsp3) is 0.538. The largest absolute Gasteiger partial charge is 0.477 e. The zero-order chi connectivity index (χ0) is 12.2. The van der Waals surface area contributed by atoms with E-state index in [4.69, 9.17) is 0 Å². The summed E-state index contributed by atoms with van der Waals surface area (Å²) in [6, 6.07) is 0.0221. The van der Waals surface area contributed by atoms with Gasteiger partial charge < -0.3 is 5.11 Å². The van der Waals surface area contributed by atoms with E-state index in [-0.39, 0.29) is 23.6 Å². The van der Waals surface area contributed by atoms with E-state index in [0.29, 0.717) is 0 Å². The van der Waals surface area contributed by atoms with Crippen LogP contribution >= 0.6 is 0 Å². The van der Waals surface area contributed by atoms with Gasteiger partial charge in [0.15, 0.2) is 0 Å². The second-order valence-electron chi connectivity index (χ2n) is 4.90. The highest BCUT2D eigenvalue weighted by Gasteiger charge is 2.56. The molecule has 0 aromatic rings. The topological polar surface area (TPSA) is 57.6 Å². The van der Waals surface area contributed by atoms with E-state index in [2.05, 4.69) is 0 Å². The fourth-order valence-corrected chi connectivity index (χ4v) is 3.47. The molecule has 2 atom stereocenters. The third kappa shape index (κ3) is 1.18. The number of carbonyl (C=O) groups is 2. The van der Waals surface area contributed by atoms with Crippen molar-refractivity contribution in [2.75, 3.05) is 0 Å². The van der Waals surface area contributed by atoms with Gasteiger partial charge in [-0.15, -0.1) is 0 Å². The van der Waals surface area contributed by atoms with Gasteiger partial charge in [-0.2, -0.15) is 0 Å². The number of nitrogens with zero attached hydrogens (tertiary/aromatic N) is 1. The van der Waals surface area contributed by atoms with Gasteiger partial charge in [0.1, 0.15) is 5.70 Å². The summed E-state index contributed by atoms with van der Waals surface area (Å²) >= 11 is 0. The summed E-state index contributed by atoms with van der Waals surface area (Å²) in [4.78, 5) is 24.7. The molecule has 0 aromatic carbocycles. The third-order valence-corrected chi connectivity index (χ3v) is 4.16. The number of fused-ring (bicyclic) bond motifs is 3. The summed E-state index contributed by atoms with van der Waals surface area (Å²) < 4.78 is 0. The third-order valence-electron chi connectivity index (χ3n) is 4.16. The monoisotopic (exact) mass is 233 g/mol. The van der Waals surface area contributed by atoms with Gasteiger partial charge in [-0.3, -0.25) is 9.69 Å². The maximum atomic E-state index is 11.9. The van der Waals surface area contributed by atoms with E-state index in [1.807, 2.05) is 13.0 Å². The lowest BCUT2D eigenvalue weighted by molar-refractivity contribution is -0.142. The van der Waals surface area contributed by atoms with Crippen molar-refractivity contribution < 1.29 is 14.7 Å². The molecule has 0 aromatic heterocycles. The second kappa shape index (κ2) is 3.45. The number of allylic oxidation sites excluding steroid dienone is 1. The van der Waals surface area contributed by atoms with Crippen LogP contribution in [0.2, 0.25) is 0 Å². The molecule has 2 fully saturated rings. The van der Waals surface area contributed by atoms with Gasteiger partial charge in [0, 0.05) is 11.5 Å². The van der Waals surface area contributed by atoms with Crippen LogP contribution in [-0.2, 0) is 9.59 Å². The molecule has 1 amide bonds. The lowest BCUT2D eigenvalue weighted by Gasteiger charge is -2.41. The maximum absolute atomic E-state index is 11.9. The number of aliphatic carboxylic acids is 1. The quantitative estimate of drug-likeness (QED) is 0.554. The minimum atomic E-state index is -0.946. The smallest absolute Gasteiger partial charge is 0.352 e. The van der Waals surface area contributed by atoms with Crippen molar-refractivity contribution in [3.63, 3.8) is 0 Å². The van der Waals surface area contributed by atoms with Gasteiger partial charge in [0.05, 0.1) is 6.04 Å². The van der Waals surface area contributed by atoms with Gasteiger partial charge in [0.25, 0.3) is 5.91 Å². The summed E-state index contributed by atoms with van der Waals surface area (Å²) in [7, 11) is 0. The van der Waals surface area contributed by atoms with E-state index in [1.54, 1.807) is 0 Å². The predicted octanol–water partition coefficient (Wildman–Crippen LogP) is 1.69. The molecule has 3 rings (SSSR count). The van der Waals surface area contributed by atoms with E-state index >= 15 is 0 Å². The summed E-state index contributed by atoms with van der Waals surface area (Å²) in [6.07, 6.45) is 5.86. The average molecular weight is 233 g/mol. The number of amides is 1. The van der Waals surface area contributed by atoms with E-state index in [9.17, 15) is 14.7 Å². The van der Waals surface area contributed by atoms with Gasteiger partial charge in [0.2, 0.25) is 0 Å². The molecular weight excluding hydrogens is 218 g/mol. The molecule has 4 nitrogen and oxygen atoms in total. The molecule has 2 aliphatic heterocycles. The van der Waals surface area contributed by atoms with Gasteiger partial charge in [-0.25, -0.2) is 4.79 Å². The van der Waals surface area contributed by atoms with Crippen LogP contribution in [0.4, 0.5) is 0 Å². The highest BCUT2D eigenvalue weighted by atomic mass is 16.4. The summed E-state index contributed by atoms with van der Waals surface area (Å²) in [5, 5.41) is 9.28. The van der Waals surface area contributed by atoms with Crippen molar-refractivity contribution >= 4 is 11.9 Å². The maximum Gasteiger partial charge on any atom is 0.352 e. The Hall–Kier alpha value is -1.58. The van der Waals surface area contributed by atoms with Crippen LogP contribution in [0.5, 0.6) is 0 Å². The predicted molar refractivity (Wildman–Crippen MR) is 61.0 cm³/mol. The highest BCUT2D eigenvalue weighted by molar-refractivity contribution is 6.09. The molecule has 1 aliphatic carbocycles. The Morgan fingerprint density at radius 1 is 1.47 bits per heavy atom. The molecule has 1 saturated carbocycles. The Kier molecular flexibility index (Phi) is 2.15. The Bertz CT molecular complexity index is 475. The number of carboxylic acids is 1. The van der Waals surface area contributed by atoms with Crippen molar-refractivity contribution in [3.8, 4) is 0 Å². The van der Waals surface area contributed by atoms with E-state index in [0.717, 1.165) is 36.8 Å². The van der Waals surface area contributed by atoms with Crippen LogP contribution in [0.1, 0.15) is 32.6 Å². The van der Waals surface area contributed by atoms with Gasteiger partial charge in [-0.1, -0.05) is 12.5 Å². The first-order valence-corrected chi connectivity index (χ1v) is 6.13. The Balaban J connectivity index is 2.07. The molecule has 0 unspecified atom stereocenters. The van der Waals surface area contributed by atoms with Gasteiger partial charge >= 0.3 is 5.97 Å². The Labute approximate surface area is 99.6 Å². The molecule has 17 heavy (non-hydrogen) atoms.